The van der Waals surface area contributed by atoms with Crippen molar-refractivity contribution in [3.8, 4) is 5.75 Å². The lowest BCUT2D eigenvalue weighted by Crippen LogP contribution is -2.50. The Kier molecular flexibility index (Phi) is 7.82. The van der Waals surface area contributed by atoms with Gasteiger partial charge in [-0.1, -0.05) is 23.7 Å². The average molecular weight is 354 g/mol. The number of amides is 1. The van der Waals surface area contributed by atoms with Crippen molar-refractivity contribution in [2.24, 2.45) is 0 Å². The maximum atomic E-state index is 12.2. The van der Waals surface area contributed by atoms with Gasteiger partial charge < -0.3 is 9.64 Å². The van der Waals surface area contributed by atoms with Crippen LogP contribution < -0.4 is 4.74 Å². The molecule has 0 N–H and O–H groups in total. The predicted molar refractivity (Wildman–Crippen MR) is 97.8 cm³/mol. The van der Waals surface area contributed by atoms with Crippen LogP contribution in [0.15, 0.2) is 24.3 Å². The quantitative estimate of drug-likeness (QED) is 0.718. The van der Waals surface area contributed by atoms with Gasteiger partial charge in [0.25, 0.3) is 0 Å². The Morgan fingerprint density at radius 3 is 2.38 bits per heavy atom. The van der Waals surface area contributed by atoms with Crippen LogP contribution in [0.1, 0.15) is 13.8 Å². The Hall–Kier alpha value is -1.30. The first-order chi connectivity index (χ1) is 11.6. The topological polar surface area (TPSA) is 36.0 Å². The summed E-state index contributed by atoms with van der Waals surface area (Å²) in [5.41, 5.74) is 0. The largest absolute Gasteiger partial charge is 0.491 e. The van der Waals surface area contributed by atoms with Crippen molar-refractivity contribution in [2.75, 3.05) is 59.0 Å². The molecule has 1 aliphatic heterocycles. The van der Waals surface area contributed by atoms with E-state index in [1.165, 1.54) is 0 Å². The number of carbonyl (C=O) groups is 1. The average Bonchev–Trinajstić information content (AvgIpc) is 2.59. The molecule has 0 aromatic heterocycles. The van der Waals surface area contributed by atoms with E-state index in [-0.39, 0.29) is 5.91 Å². The number of rotatable bonds is 8. The molecule has 0 atom stereocenters. The molecule has 1 fully saturated rings. The summed E-state index contributed by atoms with van der Waals surface area (Å²) in [6.07, 6.45) is 0. The van der Waals surface area contributed by atoms with Crippen LogP contribution >= 0.6 is 11.6 Å². The highest BCUT2D eigenvalue weighted by Crippen LogP contribution is 2.22. The normalized spacial score (nSPS) is 16.1. The molecule has 1 aliphatic rings. The first kappa shape index (κ1) is 19.0. The molecule has 2 rings (SSSR count). The summed E-state index contributed by atoms with van der Waals surface area (Å²) in [5, 5.41) is 0.650. The summed E-state index contributed by atoms with van der Waals surface area (Å²) in [7, 11) is 0. The highest BCUT2D eigenvalue weighted by atomic mass is 35.5. The van der Waals surface area contributed by atoms with E-state index >= 15 is 0 Å². The van der Waals surface area contributed by atoms with Gasteiger partial charge in [0.15, 0.2) is 0 Å². The monoisotopic (exact) mass is 353 g/mol. The molecule has 24 heavy (non-hydrogen) atoms. The van der Waals surface area contributed by atoms with Crippen molar-refractivity contribution in [2.45, 2.75) is 13.8 Å². The van der Waals surface area contributed by atoms with E-state index < -0.39 is 0 Å². The van der Waals surface area contributed by atoms with E-state index in [0.717, 1.165) is 51.6 Å². The third kappa shape index (κ3) is 5.65. The number of piperazine rings is 1. The minimum Gasteiger partial charge on any atom is -0.491 e. The van der Waals surface area contributed by atoms with Crippen LogP contribution in [-0.2, 0) is 4.79 Å². The zero-order valence-electron chi connectivity index (χ0n) is 14.7. The maximum Gasteiger partial charge on any atom is 0.236 e. The van der Waals surface area contributed by atoms with Gasteiger partial charge in [0.05, 0.1) is 11.6 Å². The molecule has 0 spiro atoms. The van der Waals surface area contributed by atoms with Crippen molar-refractivity contribution in [3.05, 3.63) is 29.3 Å². The molecule has 0 aliphatic carbocycles. The lowest BCUT2D eigenvalue weighted by atomic mass is 10.3. The number of hydrogen-bond donors (Lipinski definition) is 0. The fourth-order valence-corrected chi connectivity index (χ4v) is 3.08. The van der Waals surface area contributed by atoms with Crippen LogP contribution in [0.25, 0.3) is 0 Å². The molecule has 0 bridgehead atoms. The van der Waals surface area contributed by atoms with E-state index in [4.69, 9.17) is 16.3 Å². The number of carbonyl (C=O) groups excluding carboxylic acids is 1. The minimum absolute atomic E-state index is 0.232. The van der Waals surface area contributed by atoms with Gasteiger partial charge in [-0.2, -0.15) is 0 Å². The third-order valence-corrected chi connectivity index (χ3v) is 4.75. The summed E-state index contributed by atoms with van der Waals surface area (Å²) in [6, 6.07) is 7.54. The fourth-order valence-electron chi connectivity index (χ4n) is 2.89. The molecule has 1 aromatic rings. The van der Waals surface area contributed by atoms with Gasteiger partial charge >= 0.3 is 0 Å². The molecule has 1 heterocycles. The van der Waals surface area contributed by atoms with Crippen LogP contribution in [0.4, 0.5) is 0 Å². The Balaban J connectivity index is 1.66. The Bertz CT molecular complexity index is 515. The first-order valence-electron chi connectivity index (χ1n) is 8.73. The van der Waals surface area contributed by atoms with Crippen LogP contribution in [-0.4, -0.2) is 79.6 Å². The molecule has 134 valence electrons. The molecular weight excluding hydrogens is 326 g/mol. The Labute approximate surface area is 150 Å². The first-order valence-corrected chi connectivity index (χ1v) is 9.11. The Morgan fingerprint density at radius 2 is 1.75 bits per heavy atom. The van der Waals surface area contributed by atoms with Gasteiger partial charge in [0.2, 0.25) is 5.91 Å². The molecule has 5 nitrogen and oxygen atoms in total. The van der Waals surface area contributed by atoms with Crippen molar-refractivity contribution < 1.29 is 9.53 Å². The van der Waals surface area contributed by atoms with E-state index in [1.807, 2.05) is 43.0 Å². The highest BCUT2D eigenvalue weighted by molar-refractivity contribution is 6.32. The lowest BCUT2D eigenvalue weighted by molar-refractivity contribution is -0.132. The number of benzene rings is 1. The number of ether oxygens (including phenoxy) is 1. The summed E-state index contributed by atoms with van der Waals surface area (Å²) in [5.74, 6) is 0.970. The van der Waals surface area contributed by atoms with Gasteiger partial charge in [-0.3, -0.25) is 14.6 Å². The second-order valence-corrected chi connectivity index (χ2v) is 6.37. The molecule has 0 saturated carbocycles. The smallest absolute Gasteiger partial charge is 0.236 e. The van der Waals surface area contributed by atoms with Crippen molar-refractivity contribution in [1.82, 2.24) is 14.7 Å². The number of likely N-dealkylation sites (N-methyl/N-ethyl adjacent to an activating group) is 1. The summed E-state index contributed by atoms with van der Waals surface area (Å²) in [6.45, 7) is 11.5. The third-order valence-electron chi connectivity index (χ3n) is 4.44. The second-order valence-electron chi connectivity index (χ2n) is 5.96. The second kappa shape index (κ2) is 9.87. The number of hydrogen-bond acceptors (Lipinski definition) is 4. The van der Waals surface area contributed by atoms with Gasteiger partial charge in [-0.15, -0.1) is 0 Å². The molecule has 1 saturated heterocycles. The fraction of sp³-hybridized carbons (Fsp3) is 0.611. The van der Waals surface area contributed by atoms with E-state index in [2.05, 4.69) is 9.80 Å². The van der Waals surface area contributed by atoms with Crippen molar-refractivity contribution in [1.29, 1.82) is 0 Å². The van der Waals surface area contributed by atoms with Gasteiger partial charge in [0.1, 0.15) is 12.4 Å². The molecule has 0 unspecified atom stereocenters. The number of halogens is 1. The summed E-state index contributed by atoms with van der Waals surface area (Å²) in [4.78, 5) is 18.7. The van der Waals surface area contributed by atoms with Crippen LogP contribution in [0.3, 0.4) is 0 Å². The molecular formula is C18H28ClN3O2. The zero-order valence-corrected chi connectivity index (χ0v) is 15.5. The standard InChI is InChI=1S/C18H28ClN3O2/c1-3-22(4-2)18(23)15-21-11-9-20(10-12-21)13-14-24-17-8-6-5-7-16(17)19/h5-8H,3-4,9-15H2,1-2H3. The van der Waals surface area contributed by atoms with Gasteiger partial charge in [-0.05, 0) is 26.0 Å². The molecule has 6 heteroatoms. The van der Waals surface area contributed by atoms with Crippen LogP contribution in [0.5, 0.6) is 5.75 Å². The minimum atomic E-state index is 0.232. The van der Waals surface area contributed by atoms with Crippen LogP contribution in [0, 0.1) is 0 Å². The number of nitrogens with zero attached hydrogens (tertiary/aromatic N) is 3. The molecule has 1 aromatic carbocycles. The summed E-state index contributed by atoms with van der Waals surface area (Å²) >= 11 is 6.08. The maximum absolute atomic E-state index is 12.2. The highest BCUT2D eigenvalue weighted by Gasteiger charge is 2.20. The lowest BCUT2D eigenvalue weighted by Gasteiger charge is -2.35. The van der Waals surface area contributed by atoms with E-state index in [9.17, 15) is 4.79 Å². The number of para-hydroxylation sites is 1. The van der Waals surface area contributed by atoms with Crippen molar-refractivity contribution in [3.63, 3.8) is 0 Å². The molecule has 0 radical (unpaired) electrons. The molecule has 1 amide bonds. The zero-order chi connectivity index (χ0) is 17.4. The SMILES string of the molecule is CCN(CC)C(=O)CN1CCN(CCOc2ccccc2Cl)CC1. The van der Waals surface area contributed by atoms with E-state index in [1.54, 1.807) is 0 Å². The van der Waals surface area contributed by atoms with Gasteiger partial charge in [0, 0.05) is 45.8 Å². The van der Waals surface area contributed by atoms with Crippen LogP contribution in [0.2, 0.25) is 5.02 Å². The summed E-state index contributed by atoms with van der Waals surface area (Å²) < 4.78 is 5.74. The predicted octanol–water partition coefficient (Wildman–Crippen LogP) is 2.20. The van der Waals surface area contributed by atoms with Gasteiger partial charge in [-0.25, -0.2) is 0 Å². The van der Waals surface area contributed by atoms with Crippen molar-refractivity contribution >= 4 is 17.5 Å². The Morgan fingerprint density at radius 1 is 1.12 bits per heavy atom. The van der Waals surface area contributed by atoms with E-state index in [0.29, 0.717) is 18.2 Å².